The summed E-state index contributed by atoms with van der Waals surface area (Å²) in [5.41, 5.74) is 0.727. The molecule has 0 saturated carbocycles. The third-order valence-corrected chi connectivity index (χ3v) is 4.18. The van der Waals surface area contributed by atoms with E-state index >= 15 is 0 Å². The van der Waals surface area contributed by atoms with Crippen molar-refractivity contribution in [2.24, 2.45) is 0 Å². The van der Waals surface area contributed by atoms with Crippen molar-refractivity contribution in [3.8, 4) is 11.5 Å². The van der Waals surface area contributed by atoms with Gasteiger partial charge in [0.25, 0.3) is 0 Å². The number of carboxylic acid groups (broad SMARTS) is 1. The molecular weight excluding hydrogens is 324 g/mol. The van der Waals surface area contributed by atoms with Crippen LogP contribution in [0, 0.1) is 0 Å². The maximum absolute atomic E-state index is 10.7. The zero-order valence-corrected chi connectivity index (χ0v) is 14.2. The molecule has 25 heavy (non-hydrogen) atoms. The van der Waals surface area contributed by atoms with Gasteiger partial charge in [-0.15, -0.1) is 0 Å². The van der Waals surface area contributed by atoms with Gasteiger partial charge < -0.3 is 24.1 Å². The van der Waals surface area contributed by atoms with Crippen LogP contribution in [0.15, 0.2) is 24.3 Å². The largest absolute Gasteiger partial charge is 0.478 e. The van der Waals surface area contributed by atoms with Gasteiger partial charge in [0.2, 0.25) is 0 Å². The van der Waals surface area contributed by atoms with E-state index in [-0.39, 0.29) is 12.6 Å². The van der Waals surface area contributed by atoms with E-state index in [0.29, 0.717) is 24.7 Å². The maximum atomic E-state index is 10.7. The van der Waals surface area contributed by atoms with E-state index in [1.54, 1.807) is 18.2 Å². The third-order valence-electron chi connectivity index (χ3n) is 4.18. The summed E-state index contributed by atoms with van der Waals surface area (Å²) >= 11 is 0. The van der Waals surface area contributed by atoms with Crippen LogP contribution in [-0.4, -0.2) is 36.9 Å². The molecule has 2 heterocycles. The van der Waals surface area contributed by atoms with Crippen LogP contribution in [0.1, 0.15) is 44.1 Å². The summed E-state index contributed by atoms with van der Waals surface area (Å²) in [6.45, 7) is 1.39. The smallest absolute Gasteiger partial charge is 0.328 e. The number of benzene rings is 1. The highest BCUT2D eigenvalue weighted by atomic mass is 16.7. The van der Waals surface area contributed by atoms with Gasteiger partial charge in [-0.2, -0.15) is 0 Å². The predicted octanol–water partition coefficient (Wildman–Crippen LogP) is 3.60. The SMILES string of the molecule is O=C(O)/C=C/c1ccc(OC2CCCCO2)c(OC2CCCCO2)c1. The summed E-state index contributed by atoms with van der Waals surface area (Å²) in [6.07, 6.45) is 7.95. The number of hydrogen-bond acceptors (Lipinski definition) is 5. The van der Waals surface area contributed by atoms with E-state index in [2.05, 4.69) is 0 Å². The lowest BCUT2D eigenvalue weighted by Crippen LogP contribution is -2.27. The first-order valence-electron chi connectivity index (χ1n) is 8.82. The fraction of sp³-hybridized carbons (Fsp3) is 0.526. The second kappa shape index (κ2) is 8.87. The average molecular weight is 348 g/mol. The van der Waals surface area contributed by atoms with Crippen LogP contribution in [0.3, 0.4) is 0 Å². The molecule has 2 fully saturated rings. The van der Waals surface area contributed by atoms with E-state index in [4.69, 9.17) is 24.1 Å². The summed E-state index contributed by atoms with van der Waals surface area (Å²) in [4.78, 5) is 10.7. The average Bonchev–Trinajstić information content (AvgIpc) is 2.63. The molecule has 1 aromatic carbocycles. The van der Waals surface area contributed by atoms with Gasteiger partial charge in [0.15, 0.2) is 24.1 Å². The van der Waals surface area contributed by atoms with Gasteiger partial charge in [-0.3, -0.25) is 0 Å². The van der Waals surface area contributed by atoms with E-state index in [1.165, 1.54) is 6.08 Å². The van der Waals surface area contributed by atoms with Crippen LogP contribution in [0.4, 0.5) is 0 Å². The molecule has 6 heteroatoms. The summed E-state index contributed by atoms with van der Waals surface area (Å²) in [5, 5.41) is 8.80. The normalized spacial score (nSPS) is 24.2. The minimum atomic E-state index is -0.992. The fourth-order valence-corrected chi connectivity index (χ4v) is 2.88. The Bertz CT molecular complexity index is 600. The van der Waals surface area contributed by atoms with Crippen LogP contribution in [0.2, 0.25) is 0 Å². The topological polar surface area (TPSA) is 74.2 Å². The van der Waals surface area contributed by atoms with Crippen molar-refractivity contribution >= 4 is 12.0 Å². The molecule has 0 spiro atoms. The molecule has 0 amide bonds. The Labute approximate surface area is 147 Å². The lowest BCUT2D eigenvalue weighted by Gasteiger charge is -2.27. The highest BCUT2D eigenvalue weighted by Gasteiger charge is 2.21. The molecule has 0 aliphatic carbocycles. The molecule has 0 radical (unpaired) electrons. The summed E-state index contributed by atoms with van der Waals surface area (Å²) in [5.74, 6) is 0.149. The van der Waals surface area contributed by atoms with Gasteiger partial charge >= 0.3 is 5.97 Å². The Morgan fingerprint density at radius 3 is 2.20 bits per heavy atom. The van der Waals surface area contributed by atoms with Crippen LogP contribution in [0.25, 0.3) is 6.08 Å². The highest BCUT2D eigenvalue weighted by molar-refractivity contribution is 5.85. The molecular formula is C19H24O6. The first-order valence-corrected chi connectivity index (χ1v) is 8.82. The Kier molecular flexibility index (Phi) is 6.30. The van der Waals surface area contributed by atoms with Crippen molar-refractivity contribution in [3.05, 3.63) is 29.8 Å². The number of aliphatic carboxylic acids is 1. The monoisotopic (exact) mass is 348 g/mol. The molecule has 2 aliphatic heterocycles. The van der Waals surface area contributed by atoms with Gasteiger partial charge in [-0.1, -0.05) is 6.07 Å². The number of carbonyl (C=O) groups is 1. The maximum Gasteiger partial charge on any atom is 0.328 e. The standard InChI is InChI=1S/C19H24O6/c20-17(21)10-8-14-7-9-15(24-18-5-1-3-11-22-18)16(13-14)25-19-6-2-4-12-23-19/h7-10,13,18-19H,1-6,11-12H2,(H,20,21)/b10-8+. The fourth-order valence-electron chi connectivity index (χ4n) is 2.88. The van der Waals surface area contributed by atoms with Gasteiger partial charge in [0, 0.05) is 18.9 Å². The van der Waals surface area contributed by atoms with Crippen molar-refractivity contribution in [2.45, 2.75) is 51.1 Å². The molecule has 2 unspecified atom stereocenters. The zero-order valence-electron chi connectivity index (χ0n) is 14.2. The summed E-state index contributed by atoms with van der Waals surface area (Å²) < 4.78 is 23.2. The van der Waals surface area contributed by atoms with E-state index < -0.39 is 5.97 Å². The van der Waals surface area contributed by atoms with Gasteiger partial charge in [0.1, 0.15) is 0 Å². The summed E-state index contributed by atoms with van der Waals surface area (Å²) in [6, 6.07) is 5.36. The van der Waals surface area contributed by atoms with Crippen molar-refractivity contribution in [1.82, 2.24) is 0 Å². The molecule has 6 nitrogen and oxygen atoms in total. The number of rotatable bonds is 6. The van der Waals surface area contributed by atoms with Gasteiger partial charge in [-0.05, 0) is 49.5 Å². The van der Waals surface area contributed by atoms with Crippen LogP contribution >= 0.6 is 0 Å². The molecule has 3 rings (SSSR count). The van der Waals surface area contributed by atoms with E-state index in [0.717, 1.165) is 50.2 Å². The molecule has 2 saturated heterocycles. The molecule has 2 aliphatic rings. The van der Waals surface area contributed by atoms with E-state index in [9.17, 15) is 4.79 Å². The Morgan fingerprint density at radius 2 is 1.64 bits per heavy atom. The first kappa shape index (κ1) is 17.8. The zero-order chi connectivity index (χ0) is 17.5. The minimum absolute atomic E-state index is 0.274. The highest BCUT2D eigenvalue weighted by Crippen LogP contribution is 2.33. The molecule has 136 valence electrons. The molecule has 2 atom stereocenters. The van der Waals surface area contributed by atoms with Crippen LogP contribution in [0.5, 0.6) is 11.5 Å². The Morgan fingerprint density at radius 1 is 1.00 bits per heavy atom. The Hall–Kier alpha value is -2.05. The molecule has 1 N–H and O–H groups in total. The van der Waals surface area contributed by atoms with Crippen molar-refractivity contribution in [1.29, 1.82) is 0 Å². The summed E-state index contributed by atoms with van der Waals surface area (Å²) in [7, 11) is 0. The van der Waals surface area contributed by atoms with Crippen LogP contribution < -0.4 is 9.47 Å². The number of hydrogen-bond donors (Lipinski definition) is 1. The lowest BCUT2D eigenvalue weighted by atomic mass is 10.1. The minimum Gasteiger partial charge on any atom is -0.478 e. The Balaban J connectivity index is 1.77. The van der Waals surface area contributed by atoms with Crippen molar-refractivity contribution < 1.29 is 28.8 Å². The quantitative estimate of drug-likeness (QED) is 0.792. The van der Waals surface area contributed by atoms with Gasteiger partial charge in [-0.25, -0.2) is 4.79 Å². The number of ether oxygens (including phenoxy) is 4. The predicted molar refractivity (Wildman–Crippen MR) is 91.5 cm³/mol. The first-order chi connectivity index (χ1) is 12.2. The lowest BCUT2D eigenvalue weighted by molar-refractivity contribution is -0.131. The molecule has 1 aromatic rings. The van der Waals surface area contributed by atoms with Crippen LogP contribution in [-0.2, 0) is 14.3 Å². The second-order valence-corrected chi connectivity index (χ2v) is 6.21. The van der Waals surface area contributed by atoms with Crippen molar-refractivity contribution in [3.63, 3.8) is 0 Å². The third kappa shape index (κ3) is 5.47. The van der Waals surface area contributed by atoms with E-state index in [1.807, 2.05) is 0 Å². The second-order valence-electron chi connectivity index (χ2n) is 6.21. The molecule has 0 bridgehead atoms. The van der Waals surface area contributed by atoms with Crippen molar-refractivity contribution in [2.75, 3.05) is 13.2 Å². The number of carboxylic acids is 1. The van der Waals surface area contributed by atoms with Gasteiger partial charge in [0.05, 0.1) is 13.2 Å². The molecule has 0 aromatic heterocycles.